The Morgan fingerprint density at radius 3 is 2.29 bits per heavy atom. The van der Waals surface area contributed by atoms with E-state index in [0.29, 0.717) is 42.8 Å². The molecule has 2 aromatic heterocycles. The van der Waals surface area contributed by atoms with E-state index in [1.165, 1.54) is 0 Å². The highest BCUT2D eigenvalue weighted by Gasteiger charge is 2.40. The first-order valence-electron chi connectivity index (χ1n) is 14.6. The molecule has 8 nitrogen and oxygen atoms in total. The fourth-order valence-corrected chi connectivity index (χ4v) is 6.70. The summed E-state index contributed by atoms with van der Waals surface area (Å²) in [6, 6.07) is 19.5. The van der Waals surface area contributed by atoms with Crippen LogP contribution in [0.3, 0.4) is 0 Å². The van der Waals surface area contributed by atoms with Crippen molar-refractivity contribution >= 4 is 28.8 Å². The van der Waals surface area contributed by atoms with Crippen LogP contribution in [0.2, 0.25) is 5.02 Å². The molecular weight excluding hydrogens is 536 g/mol. The fourth-order valence-electron chi connectivity index (χ4n) is 6.57. The number of pyridine rings is 1. The second-order valence-corrected chi connectivity index (χ2v) is 12.4. The summed E-state index contributed by atoms with van der Waals surface area (Å²) >= 11 is 6.05. The molecule has 0 unspecified atom stereocenters. The first kappa shape index (κ1) is 26.4. The molecule has 3 fully saturated rings. The molecule has 7 rings (SSSR count). The van der Waals surface area contributed by atoms with Crippen LogP contribution in [0.15, 0.2) is 66.9 Å². The van der Waals surface area contributed by atoms with Crippen LogP contribution in [0.1, 0.15) is 53.0 Å². The number of aliphatic hydroxyl groups is 1. The number of hydrogen-bond acceptors (Lipinski definition) is 6. The summed E-state index contributed by atoms with van der Waals surface area (Å²) in [6.45, 7) is 5.29. The molecule has 1 spiro atoms. The summed E-state index contributed by atoms with van der Waals surface area (Å²) in [5, 5.41) is 20.1. The van der Waals surface area contributed by atoms with Crippen LogP contribution >= 0.6 is 11.6 Å². The van der Waals surface area contributed by atoms with Crippen molar-refractivity contribution in [1.82, 2.24) is 24.8 Å². The Balaban J connectivity index is 1.01. The Bertz CT molecular complexity index is 1550. The minimum absolute atomic E-state index is 0.124. The Morgan fingerprint density at radius 2 is 1.63 bits per heavy atom. The molecular formula is C32H35ClN6O2. The monoisotopic (exact) mass is 570 g/mol. The lowest BCUT2D eigenvalue weighted by atomic mass is 9.73. The van der Waals surface area contributed by atoms with Crippen LogP contribution in [0.5, 0.6) is 0 Å². The zero-order chi connectivity index (χ0) is 28.0. The predicted molar refractivity (Wildman–Crippen MR) is 159 cm³/mol. The Labute approximate surface area is 244 Å². The quantitative estimate of drug-likeness (QED) is 0.372. The van der Waals surface area contributed by atoms with E-state index in [4.69, 9.17) is 21.7 Å². The predicted octanol–water partition coefficient (Wildman–Crippen LogP) is 4.29. The second-order valence-electron chi connectivity index (χ2n) is 12.0. The third kappa shape index (κ3) is 5.09. The van der Waals surface area contributed by atoms with Gasteiger partial charge in [0.1, 0.15) is 0 Å². The highest BCUT2D eigenvalue weighted by molar-refractivity contribution is 6.30. The molecule has 4 aromatic rings. The number of fused-ring (bicyclic) bond motifs is 1. The number of carbonyl (C=O) groups is 1. The van der Waals surface area contributed by atoms with Crippen LogP contribution in [-0.2, 0) is 12.0 Å². The standard InChI is InChI=1S/C32H35ClN6O2/c33-26-9-7-25(8-10-26)32(41)13-18-37(19-14-32)27-2-1-15-39-29(27)35-28(36-39)20-23-3-5-24(6-4-23)30(40)38-16-11-31(12-17-38)21-34-22-31/h1-10,15,34,41H,11-14,16-22H2. The van der Waals surface area contributed by atoms with Gasteiger partial charge in [-0.05, 0) is 78.6 Å². The van der Waals surface area contributed by atoms with Crippen molar-refractivity contribution < 1.29 is 9.90 Å². The summed E-state index contributed by atoms with van der Waals surface area (Å²) in [5.74, 6) is 0.861. The highest BCUT2D eigenvalue weighted by Crippen LogP contribution is 2.37. The number of nitrogens with zero attached hydrogens (tertiary/aromatic N) is 5. The molecule has 9 heteroatoms. The average molecular weight is 571 g/mol. The molecule has 1 amide bonds. The van der Waals surface area contributed by atoms with Crippen molar-refractivity contribution in [3.63, 3.8) is 0 Å². The molecule has 3 aliphatic rings. The van der Waals surface area contributed by atoms with Crippen LogP contribution in [0.25, 0.3) is 5.65 Å². The normalized spacial score (nSPS) is 19.9. The highest BCUT2D eigenvalue weighted by atomic mass is 35.5. The number of carbonyl (C=O) groups excluding carboxylic acids is 1. The summed E-state index contributed by atoms with van der Waals surface area (Å²) < 4.78 is 1.84. The van der Waals surface area contributed by atoms with Gasteiger partial charge in [-0.1, -0.05) is 35.9 Å². The molecule has 2 aromatic carbocycles. The van der Waals surface area contributed by atoms with Gasteiger partial charge in [0.05, 0.1) is 11.3 Å². The SMILES string of the molecule is O=C(c1ccc(Cc2nc3c(N4CCC(O)(c5ccc(Cl)cc5)CC4)cccn3n2)cc1)N1CCC2(CC1)CNC2. The van der Waals surface area contributed by atoms with Gasteiger partial charge < -0.3 is 20.2 Å². The second kappa shape index (κ2) is 10.4. The topological polar surface area (TPSA) is 86.0 Å². The van der Waals surface area contributed by atoms with Gasteiger partial charge in [-0.25, -0.2) is 9.50 Å². The Morgan fingerprint density at radius 1 is 0.927 bits per heavy atom. The number of likely N-dealkylation sites (tertiary alicyclic amines) is 1. The van der Waals surface area contributed by atoms with Crippen LogP contribution in [-0.4, -0.2) is 69.8 Å². The number of hydrogen-bond donors (Lipinski definition) is 2. The van der Waals surface area contributed by atoms with E-state index in [1.54, 1.807) is 0 Å². The van der Waals surface area contributed by atoms with Gasteiger partial charge in [0.25, 0.3) is 5.91 Å². The number of aromatic nitrogens is 3. The lowest BCUT2D eigenvalue weighted by Gasteiger charge is -2.48. The summed E-state index contributed by atoms with van der Waals surface area (Å²) in [6.07, 6.45) is 5.94. The number of anilines is 1. The maximum Gasteiger partial charge on any atom is 0.253 e. The van der Waals surface area contributed by atoms with E-state index in [0.717, 1.165) is 72.9 Å². The van der Waals surface area contributed by atoms with Gasteiger partial charge in [0, 0.05) is 62.5 Å². The maximum absolute atomic E-state index is 13.1. The molecule has 3 saturated heterocycles. The van der Waals surface area contributed by atoms with Gasteiger partial charge in [0.15, 0.2) is 11.5 Å². The largest absolute Gasteiger partial charge is 0.385 e. The third-order valence-electron chi connectivity index (χ3n) is 9.37. The Kier molecular flexibility index (Phi) is 6.72. The lowest BCUT2D eigenvalue weighted by Crippen LogP contribution is -2.58. The minimum atomic E-state index is -0.858. The van der Waals surface area contributed by atoms with Crippen molar-refractivity contribution in [3.05, 3.63) is 94.4 Å². The van der Waals surface area contributed by atoms with Gasteiger partial charge in [-0.3, -0.25) is 4.79 Å². The number of amides is 1. The van der Waals surface area contributed by atoms with Gasteiger partial charge in [-0.2, -0.15) is 5.10 Å². The molecule has 0 radical (unpaired) electrons. The maximum atomic E-state index is 13.1. The lowest BCUT2D eigenvalue weighted by molar-refractivity contribution is 0.0118. The molecule has 0 aliphatic carbocycles. The number of nitrogens with one attached hydrogen (secondary N) is 1. The number of rotatable bonds is 5. The van der Waals surface area contributed by atoms with Gasteiger partial charge in [-0.15, -0.1) is 0 Å². The molecule has 0 atom stereocenters. The number of halogens is 1. The molecule has 0 saturated carbocycles. The molecule has 212 valence electrons. The molecule has 5 heterocycles. The van der Waals surface area contributed by atoms with E-state index in [2.05, 4.69) is 16.3 Å². The van der Waals surface area contributed by atoms with E-state index in [-0.39, 0.29) is 5.91 Å². The van der Waals surface area contributed by atoms with Gasteiger partial charge >= 0.3 is 0 Å². The average Bonchev–Trinajstić information content (AvgIpc) is 3.40. The van der Waals surface area contributed by atoms with E-state index >= 15 is 0 Å². The first-order valence-corrected chi connectivity index (χ1v) is 14.9. The molecule has 3 aliphatic heterocycles. The summed E-state index contributed by atoms with van der Waals surface area (Å²) in [4.78, 5) is 22.3. The van der Waals surface area contributed by atoms with Gasteiger partial charge in [0.2, 0.25) is 0 Å². The van der Waals surface area contributed by atoms with Crippen molar-refractivity contribution in [2.75, 3.05) is 44.2 Å². The zero-order valence-electron chi connectivity index (χ0n) is 23.1. The van der Waals surface area contributed by atoms with Crippen LogP contribution in [0, 0.1) is 5.41 Å². The fraction of sp³-hybridized carbons (Fsp3) is 0.406. The number of benzene rings is 2. The first-order chi connectivity index (χ1) is 19.9. The van der Waals surface area contributed by atoms with Crippen molar-refractivity contribution in [2.45, 2.75) is 37.7 Å². The minimum Gasteiger partial charge on any atom is -0.385 e. The van der Waals surface area contributed by atoms with E-state index < -0.39 is 5.60 Å². The Hall–Kier alpha value is -3.46. The van der Waals surface area contributed by atoms with Crippen LogP contribution < -0.4 is 10.2 Å². The number of piperidine rings is 2. The zero-order valence-corrected chi connectivity index (χ0v) is 23.9. The van der Waals surface area contributed by atoms with Crippen molar-refractivity contribution in [3.8, 4) is 0 Å². The van der Waals surface area contributed by atoms with Crippen molar-refractivity contribution in [1.29, 1.82) is 0 Å². The van der Waals surface area contributed by atoms with E-state index in [9.17, 15) is 9.90 Å². The smallest absolute Gasteiger partial charge is 0.253 e. The molecule has 0 bridgehead atoms. The molecule has 2 N–H and O–H groups in total. The molecule has 41 heavy (non-hydrogen) atoms. The van der Waals surface area contributed by atoms with E-state index in [1.807, 2.05) is 70.2 Å². The summed E-state index contributed by atoms with van der Waals surface area (Å²) in [5.41, 5.74) is 4.13. The van der Waals surface area contributed by atoms with Crippen molar-refractivity contribution in [2.24, 2.45) is 5.41 Å². The third-order valence-corrected chi connectivity index (χ3v) is 9.62. The summed E-state index contributed by atoms with van der Waals surface area (Å²) in [7, 11) is 0. The van der Waals surface area contributed by atoms with Crippen LogP contribution in [0.4, 0.5) is 5.69 Å².